The molecule has 4 rings (SSSR count). The second-order valence-electron chi connectivity index (χ2n) is 8.89. The maximum atomic E-state index is 13.2. The summed E-state index contributed by atoms with van der Waals surface area (Å²) in [4.78, 5) is 38.3. The molecule has 1 aliphatic carbocycles. The van der Waals surface area contributed by atoms with E-state index in [-0.39, 0.29) is 23.8 Å². The molecule has 3 amide bonds. The Morgan fingerprint density at radius 1 is 1.09 bits per heavy atom. The third-order valence-corrected chi connectivity index (χ3v) is 7.68. The summed E-state index contributed by atoms with van der Waals surface area (Å²) in [7, 11) is 0. The number of thioether (sulfide) groups is 1. The molecule has 0 bridgehead atoms. The second-order valence-corrected chi connectivity index (χ2v) is 10.1. The third kappa shape index (κ3) is 5.12. The van der Waals surface area contributed by atoms with Gasteiger partial charge in [0.1, 0.15) is 0 Å². The van der Waals surface area contributed by atoms with Gasteiger partial charge in [0.15, 0.2) is 0 Å². The fourth-order valence-electron chi connectivity index (χ4n) is 4.81. The minimum Gasteiger partial charge on any atom is -0.447 e. The summed E-state index contributed by atoms with van der Waals surface area (Å²) < 4.78 is 5.11. The first-order chi connectivity index (χ1) is 15.4. The summed E-state index contributed by atoms with van der Waals surface area (Å²) >= 11 is 1.58. The Balaban J connectivity index is 1.49. The molecule has 2 fully saturated rings. The predicted molar refractivity (Wildman–Crippen MR) is 124 cm³/mol. The standard InChI is InChI=1S/C22H31N5O4S/c1-12(2)31-22(30)24-20(29)18-15(13-6-4-3-5-7-13)11-32-21(18)23-19(28)14-8-9-16-17(10-14)26-27-25-16/h8-10,12-13,15,18,21,25-27H,3-7,11H2,1-2H3,(H,23,28)(H,24,29,30). The van der Waals surface area contributed by atoms with Crippen LogP contribution in [0.25, 0.3) is 0 Å². The quantitative estimate of drug-likeness (QED) is 0.453. The highest BCUT2D eigenvalue weighted by Crippen LogP contribution is 2.45. The average Bonchev–Trinajstić information content (AvgIpc) is 3.40. The van der Waals surface area contributed by atoms with Gasteiger partial charge < -0.3 is 20.9 Å². The van der Waals surface area contributed by atoms with Crippen molar-refractivity contribution in [2.45, 2.75) is 57.4 Å². The number of alkyl carbamates (subject to hydrolysis) is 1. The molecule has 5 N–H and O–H groups in total. The minimum absolute atomic E-state index is 0.118. The fraction of sp³-hybridized carbons (Fsp3) is 0.591. The Hall–Kier alpha value is -2.46. The smallest absolute Gasteiger partial charge is 0.414 e. The largest absolute Gasteiger partial charge is 0.447 e. The van der Waals surface area contributed by atoms with E-state index >= 15 is 0 Å². The van der Waals surface area contributed by atoms with Crippen LogP contribution < -0.4 is 27.0 Å². The second kappa shape index (κ2) is 9.99. The third-order valence-electron chi connectivity index (χ3n) is 6.33. The number of carbonyl (C=O) groups excluding carboxylic acids is 3. The van der Waals surface area contributed by atoms with Gasteiger partial charge in [-0.25, -0.2) is 4.79 Å². The number of nitrogens with one attached hydrogen (secondary N) is 5. The molecular formula is C22H31N5O4S. The van der Waals surface area contributed by atoms with Gasteiger partial charge in [-0.05, 0) is 49.6 Å². The van der Waals surface area contributed by atoms with Crippen LogP contribution >= 0.6 is 11.8 Å². The first kappa shape index (κ1) is 22.7. The van der Waals surface area contributed by atoms with Crippen LogP contribution in [0.3, 0.4) is 0 Å². The number of hydrogen-bond donors (Lipinski definition) is 5. The minimum atomic E-state index is -0.737. The molecule has 0 aromatic heterocycles. The van der Waals surface area contributed by atoms with Crippen LogP contribution in [0.1, 0.15) is 56.3 Å². The normalized spacial score (nSPS) is 24.9. The van der Waals surface area contributed by atoms with E-state index in [1.54, 1.807) is 37.7 Å². The van der Waals surface area contributed by atoms with Crippen molar-refractivity contribution >= 4 is 41.0 Å². The molecular weight excluding hydrogens is 430 g/mol. The SMILES string of the molecule is CC(C)OC(=O)NC(=O)C1C(NC(=O)c2ccc3c(c2)NNN3)SCC1C1CCCCC1. The first-order valence-electron chi connectivity index (χ1n) is 11.3. The van der Waals surface area contributed by atoms with E-state index < -0.39 is 17.4 Å². The van der Waals surface area contributed by atoms with Crippen molar-refractivity contribution in [3.8, 4) is 0 Å². The van der Waals surface area contributed by atoms with Crippen LogP contribution in [0.5, 0.6) is 0 Å². The number of fused-ring (bicyclic) bond motifs is 1. The Bertz CT molecular complexity index is 874. The molecule has 10 heteroatoms. The molecule has 1 aromatic carbocycles. The fourth-order valence-corrected chi connectivity index (χ4v) is 6.44. The summed E-state index contributed by atoms with van der Waals surface area (Å²) in [5.41, 5.74) is 10.8. The number of amides is 3. The molecule has 9 nitrogen and oxygen atoms in total. The van der Waals surface area contributed by atoms with Gasteiger partial charge in [-0.2, -0.15) is 0 Å². The van der Waals surface area contributed by atoms with Gasteiger partial charge in [0, 0.05) is 5.56 Å². The van der Waals surface area contributed by atoms with Crippen LogP contribution in [0.2, 0.25) is 0 Å². The summed E-state index contributed by atoms with van der Waals surface area (Å²) in [6.45, 7) is 3.47. The lowest BCUT2D eigenvalue weighted by Gasteiger charge is -2.32. The molecule has 3 aliphatic rings. The number of ether oxygens (including phenoxy) is 1. The van der Waals surface area contributed by atoms with Crippen molar-refractivity contribution in [3.05, 3.63) is 23.8 Å². The number of rotatable bonds is 5. The highest BCUT2D eigenvalue weighted by atomic mass is 32.2. The Labute approximate surface area is 192 Å². The molecule has 3 unspecified atom stereocenters. The number of carbonyl (C=O) groups is 3. The van der Waals surface area contributed by atoms with E-state index in [0.717, 1.165) is 42.8 Å². The molecule has 1 saturated carbocycles. The van der Waals surface area contributed by atoms with E-state index in [0.29, 0.717) is 11.5 Å². The van der Waals surface area contributed by atoms with E-state index in [1.807, 2.05) is 6.07 Å². The van der Waals surface area contributed by atoms with E-state index in [1.165, 1.54) is 6.42 Å². The number of benzene rings is 1. The van der Waals surface area contributed by atoms with Crippen LogP contribution in [-0.2, 0) is 9.53 Å². The lowest BCUT2D eigenvalue weighted by Crippen LogP contribution is -2.48. The first-order valence-corrected chi connectivity index (χ1v) is 12.3. The number of hydrazine groups is 2. The van der Waals surface area contributed by atoms with Crippen molar-refractivity contribution in [3.63, 3.8) is 0 Å². The van der Waals surface area contributed by atoms with Crippen molar-refractivity contribution in [2.24, 2.45) is 17.8 Å². The summed E-state index contributed by atoms with van der Waals surface area (Å²) in [5, 5.41) is 5.05. The molecule has 32 heavy (non-hydrogen) atoms. The highest BCUT2D eigenvalue weighted by Gasteiger charge is 2.46. The van der Waals surface area contributed by atoms with Crippen LogP contribution in [-0.4, -0.2) is 35.1 Å². The molecule has 0 spiro atoms. The molecule has 2 heterocycles. The van der Waals surface area contributed by atoms with Gasteiger partial charge in [-0.15, -0.1) is 17.3 Å². The molecule has 0 radical (unpaired) electrons. The maximum absolute atomic E-state index is 13.2. The number of anilines is 2. The van der Waals surface area contributed by atoms with Crippen molar-refractivity contribution in [2.75, 3.05) is 16.6 Å². The van der Waals surface area contributed by atoms with E-state index in [2.05, 4.69) is 27.0 Å². The van der Waals surface area contributed by atoms with Crippen LogP contribution in [0, 0.1) is 17.8 Å². The van der Waals surface area contributed by atoms with E-state index in [4.69, 9.17) is 4.74 Å². The zero-order chi connectivity index (χ0) is 22.7. The number of hydrogen-bond acceptors (Lipinski definition) is 8. The zero-order valence-electron chi connectivity index (χ0n) is 18.4. The summed E-state index contributed by atoms with van der Waals surface area (Å²) in [6, 6.07) is 5.31. The van der Waals surface area contributed by atoms with Gasteiger partial charge >= 0.3 is 6.09 Å². The predicted octanol–water partition coefficient (Wildman–Crippen LogP) is 3.22. The van der Waals surface area contributed by atoms with Gasteiger partial charge in [0.05, 0.1) is 28.8 Å². The maximum Gasteiger partial charge on any atom is 0.414 e. The van der Waals surface area contributed by atoms with Gasteiger partial charge in [-0.1, -0.05) is 32.1 Å². The Morgan fingerprint density at radius 2 is 1.84 bits per heavy atom. The van der Waals surface area contributed by atoms with E-state index in [9.17, 15) is 14.4 Å². The lowest BCUT2D eigenvalue weighted by molar-refractivity contribution is -0.126. The van der Waals surface area contributed by atoms with Crippen molar-refractivity contribution in [1.82, 2.24) is 16.2 Å². The van der Waals surface area contributed by atoms with Crippen LogP contribution in [0.15, 0.2) is 18.2 Å². The molecule has 1 saturated heterocycles. The monoisotopic (exact) mass is 461 g/mol. The highest BCUT2D eigenvalue weighted by molar-refractivity contribution is 8.00. The summed E-state index contributed by atoms with van der Waals surface area (Å²) in [6.07, 6.45) is 4.67. The Morgan fingerprint density at radius 3 is 2.59 bits per heavy atom. The topological polar surface area (TPSA) is 121 Å². The Kier molecular flexibility index (Phi) is 7.10. The molecule has 2 aliphatic heterocycles. The molecule has 1 aromatic rings. The van der Waals surface area contributed by atoms with Gasteiger partial charge in [0.25, 0.3) is 5.91 Å². The van der Waals surface area contributed by atoms with Crippen molar-refractivity contribution < 1.29 is 19.1 Å². The summed E-state index contributed by atoms with van der Waals surface area (Å²) in [5.74, 6) is 0.231. The molecule has 174 valence electrons. The van der Waals surface area contributed by atoms with Gasteiger partial charge in [-0.3, -0.25) is 14.9 Å². The van der Waals surface area contributed by atoms with Crippen LogP contribution in [0.4, 0.5) is 16.2 Å². The average molecular weight is 462 g/mol. The van der Waals surface area contributed by atoms with Gasteiger partial charge in [0.2, 0.25) is 5.91 Å². The zero-order valence-corrected chi connectivity index (χ0v) is 19.2. The number of imide groups is 1. The lowest BCUT2D eigenvalue weighted by atomic mass is 9.74. The molecule has 3 atom stereocenters. The van der Waals surface area contributed by atoms with Crippen molar-refractivity contribution in [1.29, 1.82) is 0 Å².